The molecule has 1 saturated carbocycles. The van der Waals surface area contributed by atoms with Gasteiger partial charge >= 0.3 is 5.97 Å². The third kappa shape index (κ3) is 2.33. The molecule has 1 aliphatic rings. The molecule has 15 heavy (non-hydrogen) atoms. The second-order valence-electron chi connectivity index (χ2n) is 3.78. The van der Waals surface area contributed by atoms with Crippen LogP contribution < -0.4 is 0 Å². The number of nitrogens with zero attached hydrogens (tertiary/aromatic N) is 1. The molecule has 0 bridgehead atoms. The molecule has 5 heteroatoms. The Balaban J connectivity index is 2.22. The van der Waals surface area contributed by atoms with Crippen LogP contribution in [0.25, 0.3) is 0 Å². The van der Waals surface area contributed by atoms with Crippen LogP contribution in [0.5, 0.6) is 0 Å². The molecule has 0 radical (unpaired) electrons. The van der Waals surface area contributed by atoms with Gasteiger partial charge in [0, 0.05) is 10.9 Å². The number of hydrogen-bond acceptors (Lipinski definition) is 3. The number of rotatable bonds is 4. The van der Waals surface area contributed by atoms with E-state index in [9.17, 15) is 9.90 Å². The Kier molecular flexibility index (Phi) is 3.00. The third-order valence-corrected chi connectivity index (χ3v) is 3.91. The number of aliphatic carboxylic acids is 1. The molecule has 2 rings (SSSR count). The van der Waals surface area contributed by atoms with Crippen molar-refractivity contribution >= 4 is 28.9 Å². The van der Waals surface area contributed by atoms with Gasteiger partial charge in [0.05, 0.1) is 4.34 Å². The van der Waals surface area contributed by atoms with Gasteiger partial charge in [0.15, 0.2) is 0 Å². The van der Waals surface area contributed by atoms with Gasteiger partial charge in [-0.25, -0.2) is 0 Å². The van der Waals surface area contributed by atoms with Gasteiger partial charge in [-0.3, -0.25) is 9.69 Å². The fourth-order valence-electron chi connectivity index (χ4n) is 1.66. The highest BCUT2D eigenvalue weighted by Gasteiger charge is 2.36. The predicted molar refractivity (Wildman–Crippen MR) is 60.5 cm³/mol. The lowest BCUT2D eigenvalue weighted by atomic mass is 10.2. The number of halogens is 1. The van der Waals surface area contributed by atoms with Gasteiger partial charge in [-0.05, 0) is 32.0 Å². The fourth-order valence-corrected chi connectivity index (χ4v) is 2.87. The molecular formula is C10H12ClNO2S. The van der Waals surface area contributed by atoms with Crippen molar-refractivity contribution in [1.82, 2.24) is 4.90 Å². The van der Waals surface area contributed by atoms with Crippen molar-refractivity contribution < 1.29 is 9.90 Å². The zero-order valence-electron chi connectivity index (χ0n) is 8.31. The second-order valence-corrected chi connectivity index (χ2v) is 5.53. The van der Waals surface area contributed by atoms with Crippen LogP contribution in [0, 0.1) is 0 Å². The van der Waals surface area contributed by atoms with Crippen LogP contribution in [0.2, 0.25) is 4.34 Å². The largest absolute Gasteiger partial charge is 0.480 e. The second kappa shape index (κ2) is 4.12. The van der Waals surface area contributed by atoms with Crippen LogP contribution in [0.3, 0.4) is 0 Å². The SMILES string of the molecule is CN(C1CC1)C(C(=O)O)c1ccc(Cl)s1. The highest BCUT2D eigenvalue weighted by atomic mass is 35.5. The maximum Gasteiger partial charge on any atom is 0.326 e. The number of hydrogen-bond donors (Lipinski definition) is 1. The molecule has 1 heterocycles. The zero-order valence-corrected chi connectivity index (χ0v) is 9.88. The highest BCUT2D eigenvalue weighted by molar-refractivity contribution is 7.16. The molecule has 0 amide bonds. The topological polar surface area (TPSA) is 40.5 Å². The summed E-state index contributed by atoms with van der Waals surface area (Å²) in [6, 6.07) is 3.42. The van der Waals surface area contributed by atoms with E-state index in [1.807, 2.05) is 11.9 Å². The van der Waals surface area contributed by atoms with Crippen LogP contribution in [0.4, 0.5) is 0 Å². The van der Waals surface area contributed by atoms with Crippen LogP contribution >= 0.6 is 22.9 Å². The van der Waals surface area contributed by atoms with Crippen molar-refractivity contribution in [2.24, 2.45) is 0 Å². The zero-order chi connectivity index (χ0) is 11.0. The average molecular weight is 246 g/mol. The Labute approximate surface area is 97.3 Å². The Hall–Kier alpha value is -0.580. The van der Waals surface area contributed by atoms with Gasteiger partial charge in [-0.1, -0.05) is 11.6 Å². The number of carboxylic acid groups (broad SMARTS) is 1. The highest BCUT2D eigenvalue weighted by Crippen LogP contribution is 2.36. The van der Waals surface area contributed by atoms with E-state index in [2.05, 4.69) is 0 Å². The molecule has 82 valence electrons. The molecule has 1 aromatic rings. The minimum absolute atomic E-state index is 0.423. The monoisotopic (exact) mass is 245 g/mol. The van der Waals surface area contributed by atoms with Crippen LogP contribution in [0.15, 0.2) is 12.1 Å². The maximum atomic E-state index is 11.2. The van der Waals surface area contributed by atoms with E-state index < -0.39 is 12.0 Å². The van der Waals surface area contributed by atoms with E-state index in [-0.39, 0.29) is 0 Å². The number of carboxylic acids is 1. The van der Waals surface area contributed by atoms with Crippen LogP contribution in [-0.2, 0) is 4.79 Å². The molecule has 0 spiro atoms. The Morgan fingerprint density at radius 1 is 1.67 bits per heavy atom. The molecule has 1 unspecified atom stereocenters. The van der Waals surface area contributed by atoms with Gasteiger partial charge in [-0.2, -0.15) is 0 Å². The molecule has 3 nitrogen and oxygen atoms in total. The van der Waals surface area contributed by atoms with Crippen LogP contribution in [0.1, 0.15) is 23.8 Å². The first-order valence-corrected chi connectivity index (χ1v) is 5.99. The molecular weight excluding hydrogens is 234 g/mol. The smallest absolute Gasteiger partial charge is 0.326 e. The number of likely N-dealkylation sites (N-methyl/N-ethyl adjacent to an activating group) is 1. The van der Waals surface area contributed by atoms with Gasteiger partial charge in [0.1, 0.15) is 6.04 Å². The molecule has 1 aromatic heterocycles. The molecule has 0 aromatic carbocycles. The summed E-state index contributed by atoms with van der Waals surface area (Å²) in [5.41, 5.74) is 0. The van der Waals surface area contributed by atoms with Gasteiger partial charge in [0.2, 0.25) is 0 Å². The molecule has 0 aliphatic heterocycles. The summed E-state index contributed by atoms with van der Waals surface area (Å²) in [7, 11) is 1.87. The van der Waals surface area contributed by atoms with E-state index in [0.717, 1.165) is 17.7 Å². The first-order valence-electron chi connectivity index (χ1n) is 4.79. The number of carbonyl (C=O) groups is 1. The van der Waals surface area contributed by atoms with E-state index in [1.165, 1.54) is 11.3 Å². The summed E-state index contributed by atoms with van der Waals surface area (Å²) in [6.07, 6.45) is 2.19. The van der Waals surface area contributed by atoms with E-state index in [4.69, 9.17) is 11.6 Å². The summed E-state index contributed by atoms with van der Waals surface area (Å²) < 4.78 is 0.639. The summed E-state index contributed by atoms with van der Waals surface area (Å²) in [4.78, 5) is 13.9. The van der Waals surface area contributed by atoms with Crippen LogP contribution in [-0.4, -0.2) is 29.1 Å². The first-order chi connectivity index (χ1) is 7.09. The third-order valence-electron chi connectivity index (χ3n) is 2.63. The van der Waals surface area contributed by atoms with Crippen molar-refractivity contribution in [3.05, 3.63) is 21.3 Å². The molecule has 1 aliphatic carbocycles. The van der Waals surface area contributed by atoms with Crippen molar-refractivity contribution in [1.29, 1.82) is 0 Å². The summed E-state index contributed by atoms with van der Waals surface area (Å²) in [5, 5.41) is 9.20. The lowest BCUT2D eigenvalue weighted by molar-refractivity contribution is -0.143. The Morgan fingerprint density at radius 2 is 2.33 bits per heavy atom. The molecule has 1 fully saturated rings. The Bertz CT molecular complexity index is 375. The lowest BCUT2D eigenvalue weighted by Crippen LogP contribution is -2.31. The standard InChI is InChI=1S/C10H12ClNO2S/c1-12(6-2-3-6)9(10(13)14)7-4-5-8(11)15-7/h4-6,9H,2-3H2,1H3,(H,13,14). The van der Waals surface area contributed by atoms with Crippen molar-refractivity contribution in [3.8, 4) is 0 Å². The lowest BCUT2D eigenvalue weighted by Gasteiger charge is -2.23. The maximum absolute atomic E-state index is 11.2. The minimum atomic E-state index is -0.803. The van der Waals surface area contributed by atoms with Gasteiger partial charge in [0.25, 0.3) is 0 Å². The average Bonchev–Trinajstić information content (AvgIpc) is 2.91. The summed E-state index contributed by atoms with van der Waals surface area (Å²) in [6.45, 7) is 0. The quantitative estimate of drug-likeness (QED) is 0.887. The summed E-state index contributed by atoms with van der Waals surface area (Å²) in [5.74, 6) is -0.803. The summed E-state index contributed by atoms with van der Waals surface area (Å²) >= 11 is 7.16. The number of thiophene rings is 1. The van der Waals surface area contributed by atoms with E-state index in [1.54, 1.807) is 12.1 Å². The molecule has 1 N–H and O–H groups in total. The van der Waals surface area contributed by atoms with Gasteiger partial charge < -0.3 is 5.11 Å². The van der Waals surface area contributed by atoms with Crippen molar-refractivity contribution in [2.75, 3.05) is 7.05 Å². The Morgan fingerprint density at radius 3 is 2.73 bits per heavy atom. The first kappa shape index (κ1) is 10.9. The molecule has 0 saturated heterocycles. The predicted octanol–water partition coefficient (Wildman–Crippen LogP) is 2.62. The van der Waals surface area contributed by atoms with Gasteiger partial charge in [-0.15, -0.1) is 11.3 Å². The minimum Gasteiger partial charge on any atom is -0.480 e. The fraction of sp³-hybridized carbons (Fsp3) is 0.500. The normalized spacial score (nSPS) is 18.1. The van der Waals surface area contributed by atoms with Crippen molar-refractivity contribution in [2.45, 2.75) is 24.9 Å². The molecule has 1 atom stereocenters. The van der Waals surface area contributed by atoms with E-state index >= 15 is 0 Å². The van der Waals surface area contributed by atoms with Crippen molar-refractivity contribution in [3.63, 3.8) is 0 Å². The van der Waals surface area contributed by atoms with E-state index in [0.29, 0.717) is 10.4 Å².